The predicted octanol–water partition coefficient (Wildman–Crippen LogP) is 2.16. The highest BCUT2D eigenvalue weighted by atomic mass is 16.2. The number of carbonyl (C=O) groups excluding carboxylic acids is 1. The molecule has 6 nitrogen and oxygen atoms in total. The van der Waals surface area contributed by atoms with E-state index in [1.807, 2.05) is 42.2 Å². The first kappa shape index (κ1) is 14.7. The van der Waals surface area contributed by atoms with Crippen LogP contribution < -0.4 is 0 Å². The molecule has 2 heterocycles. The second-order valence-corrected chi connectivity index (χ2v) is 5.98. The van der Waals surface area contributed by atoms with E-state index in [-0.39, 0.29) is 5.91 Å². The fourth-order valence-corrected chi connectivity index (χ4v) is 2.68. The van der Waals surface area contributed by atoms with E-state index in [4.69, 9.17) is 0 Å². The van der Waals surface area contributed by atoms with Crippen LogP contribution in [0.4, 0.5) is 0 Å². The van der Waals surface area contributed by atoms with E-state index in [2.05, 4.69) is 22.3 Å². The van der Waals surface area contributed by atoms with Gasteiger partial charge in [-0.2, -0.15) is 4.80 Å². The zero-order chi connectivity index (χ0) is 15.5. The summed E-state index contributed by atoms with van der Waals surface area (Å²) in [5.41, 5.74) is 0.903. The zero-order valence-electron chi connectivity index (χ0n) is 13.0. The van der Waals surface area contributed by atoms with Crippen LogP contribution in [0.2, 0.25) is 0 Å². The average Bonchev–Trinajstić information content (AvgIpc) is 3.05. The first-order valence-electron chi connectivity index (χ1n) is 7.79. The number of tetrazole rings is 1. The Morgan fingerprint density at radius 2 is 1.91 bits per heavy atom. The maximum atomic E-state index is 12.5. The van der Waals surface area contributed by atoms with Crippen molar-refractivity contribution >= 4 is 5.91 Å². The number of rotatable bonds is 3. The summed E-state index contributed by atoms with van der Waals surface area (Å²) >= 11 is 0. The van der Waals surface area contributed by atoms with E-state index in [1.165, 1.54) is 4.80 Å². The van der Waals surface area contributed by atoms with Crippen LogP contribution in [0, 0.1) is 5.92 Å². The lowest BCUT2D eigenvalue weighted by atomic mass is 9.99. The molecule has 1 aliphatic rings. The van der Waals surface area contributed by atoms with E-state index in [0.717, 1.165) is 31.5 Å². The van der Waals surface area contributed by atoms with Gasteiger partial charge in [-0.3, -0.25) is 4.79 Å². The van der Waals surface area contributed by atoms with Gasteiger partial charge in [0, 0.05) is 18.7 Å². The topological polar surface area (TPSA) is 63.9 Å². The van der Waals surface area contributed by atoms with Gasteiger partial charge in [-0.05, 0) is 30.9 Å². The number of amides is 1. The lowest BCUT2D eigenvalue weighted by molar-refractivity contribution is -0.136. The van der Waals surface area contributed by atoms with Crippen LogP contribution in [0.1, 0.15) is 32.7 Å². The molecule has 6 heteroatoms. The Kier molecular flexibility index (Phi) is 4.18. The second kappa shape index (κ2) is 6.25. The third kappa shape index (κ3) is 3.00. The Morgan fingerprint density at radius 1 is 1.23 bits per heavy atom. The molecule has 1 amide bonds. The molecular weight excluding hydrogens is 278 g/mol. The Balaban J connectivity index is 1.71. The molecule has 0 radical (unpaired) electrons. The predicted molar refractivity (Wildman–Crippen MR) is 82.9 cm³/mol. The Hall–Kier alpha value is -2.24. The summed E-state index contributed by atoms with van der Waals surface area (Å²) in [6.45, 7) is 5.71. The fraction of sp³-hybridized carbons (Fsp3) is 0.500. The molecule has 116 valence electrons. The molecule has 2 aromatic rings. The number of benzene rings is 1. The van der Waals surface area contributed by atoms with E-state index in [1.54, 1.807) is 0 Å². The molecule has 0 aliphatic carbocycles. The summed E-state index contributed by atoms with van der Waals surface area (Å²) in [6, 6.07) is 9.24. The van der Waals surface area contributed by atoms with Gasteiger partial charge in [0.2, 0.25) is 11.7 Å². The summed E-state index contributed by atoms with van der Waals surface area (Å²) < 4.78 is 0. The van der Waals surface area contributed by atoms with Crippen LogP contribution in [-0.4, -0.2) is 44.1 Å². The van der Waals surface area contributed by atoms with Gasteiger partial charge < -0.3 is 4.90 Å². The molecule has 22 heavy (non-hydrogen) atoms. The van der Waals surface area contributed by atoms with E-state index in [0.29, 0.717) is 11.7 Å². The largest absolute Gasteiger partial charge is 0.341 e. The van der Waals surface area contributed by atoms with Crippen LogP contribution in [0.25, 0.3) is 11.4 Å². The average molecular weight is 299 g/mol. The molecule has 1 aromatic carbocycles. The van der Waals surface area contributed by atoms with Crippen LogP contribution in [0.5, 0.6) is 0 Å². The molecule has 1 aromatic heterocycles. The van der Waals surface area contributed by atoms with Crippen LogP contribution in [0.3, 0.4) is 0 Å². The Morgan fingerprint density at radius 3 is 2.59 bits per heavy atom. The molecule has 0 N–H and O–H groups in total. The Bertz CT molecular complexity index is 631. The maximum Gasteiger partial charge on any atom is 0.249 e. The molecule has 0 saturated carbocycles. The lowest BCUT2D eigenvalue weighted by Gasteiger charge is -2.31. The van der Waals surface area contributed by atoms with Crippen LogP contribution >= 0.6 is 0 Å². The molecule has 1 aliphatic heterocycles. The second-order valence-electron chi connectivity index (χ2n) is 5.98. The molecule has 1 saturated heterocycles. The molecule has 1 fully saturated rings. The van der Waals surface area contributed by atoms with E-state index in [9.17, 15) is 4.79 Å². The van der Waals surface area contributed by atoms with Crippen molar-refractivity contribution in [3.05, 3.63) is 30.3 Å². The third-order valence-corrected chi connectivity index (χ3v) is 4.26. The highest BCUT2D eigenvalue weighted by Crippen LogP contribution is 2.19. The van der Waals surface area contributed by atoms with Crippen molar-refractivity contribution in [1.82, 2.24) is 25.1 Å². The first-order chi connectivity index (χ1) is 10.6. The summed E-state index contributed by atoms with van der Waals surface area (Å²) in [4.78, 5) is 15.9. The van der Waals surface area contributed by atoms with Gasteiger partial charge in [-0.15, -0.1) is 10.2 Å². The number of hydrogen-bond donors (Lipinski definition) is 0. The quantitative estimate of drug-likeness (QED) is 0.871. The van der Waals surface area contributed by atoms with E-state index >= 15 is 0 Å². The highest BCUT2D eigenvalue weighted by molar-refractivity contribution is 5.80. The van der Waals surface area contributed by atoms with Crippen molar-refractivity contribution in [2.24, 2.45) is 5.92 Å². The summed E-state index contributed by atoms with van der Waals surface area (Å²) in [5.74, 6) is 1.32. The summed E-state index contributed by atoms with van der Waals surface area (Å²) in [5, 5.41) is 12.5. The van der Waals surface area contributed by atoms with Gasteiger partial charge in [0.15, 0.2) is 0 Å². The number of carbonyl (C=O) groups is 1. The lowest BCUT2D eigenvalue weighted by Crippen LogP contribution is -2.41. The first-order valence-corrected chi connectivity index (χ1v) is 7.79. The van der Waals surface area contributed by atoms with Crippen LogP contribution in [0.15, 0.2) is 30.3 Å². The van der Waals surface area contributed by atoms with Gasteiger partial charge in [-0.1, -0.05) is 37.3 Å². The van der Waals surface area contributed by atoms with Crippen molar-refractivity contribution < 1.29 is 4.79 Å². The SMILES string of the molecule is CC1CCN(C(=O)C(C)n2nnc(-c3ccccc3)n2)CC1. The molecule has 0 spiro atoms. The molecule has 3 rings (SSSR count). The van der Waals surface area contributed by atoms with Gasteiger partial charge >= 0.3 is 0 Å². The number of likely N-dealkylation sites (tertiary alicyclic amines) is 1. The third-order valence-electron chi connectivity index (χ3n) is 4.26. The van der Waals surface area contributed by atoms with Crippen molar-refractivity contribution in [1.29, 1.82) is 0 Å². The van der Waals surface area contributed by atoms with Gasteiger partial charge in [-0.25, -0.2) is 0 Å². The van der Waals surface area contributed by atoms with Gasteiger partial charge in [0.25, 0.3) is 0 Å². The number of hydrogen-bond acceptors (Lipinski definition) is 4. The molecular formula is C16H21N5O. The van der Waals surface area contributed by atoms with Crippen LogP contribution in [-0.2, 0) is 4.79 Å². The van der Waals surface area contributed by atoms with E-state index < -0.39 is 6.04 Å². The molecule has 1 atom stereocenters. The van der Waals surface area contributed by atoms with Crippen molar-refractivity contribution in [2.45, 2.75) is 32.7 Å². The smallest absolute Gasteiger partial charge is 0.249 e. The monoisotopic (exact) mass is 299 g/mol. The minimum absolute atomic E-state index is 0.0731. The highest BCUT2D eigenvalue weighted by Gasteiger charge is 2.27. The molecule has 1 unspecified atom stereocenters. The van der Waals surface area contributed by atoms with Gasteiger partial charge in [0.05, 0.1) is 0 Å². The zero-order valence-corrected chi connectivity index (χ0v) is 13.0. The van der Waals surface area contributed by atoms with Gasteiger partial charge in [0.1, 0.15) is 6.04 Å². The van der Waals surface area contributed by atoms with Crippen molar-refractivity contribution in [3.8, 4) is 11.4 Å². The minimum Gasteiger partial charge on any atom is -0.341 e. The number of aromatic nitrogens is 4. The maximum absolute atomic E-state index is 12.5. The fourth-order valence-electron chi connectivity index (χ4n) is 2.68. The standard InChI is InChI=1S/C16H21N5O/c1-12-8-10-20(11-9-12)16(22)13(2)21-18-15(17-19-21)14-6-4-3-5-7-14/h3-7,12-13H,8-11H2,1-2H3. The number of piperidine rings is 1. The number of nitrogens with zero attached hydrogens (tertiary/aromatic N) is 5. The van der Waals surface area contributed by atoms with Crippen molar-refractivity contribution in [2.75, 3.05) is 13.1 Å². The van der Waals surface area contributed by atoms with Crippen molar-refractivity contribution in [3.63, 3.8) is 0 Å². The molecule has 0 bridgehead atoms. The summed E-state index contributed by atoms with van der Waals surface area (Å²) in [7, 11) is 0. The Labute approximate surface area is 130 Å². The normalized spacial score (nSPS) is 17.5. The summed E-state index contributed by atoms with van der Waals surface area (Å²) in [6.07, 6.45) is 2.14. The minimum atomic E-state index is -0.418.